The number of aliphatic hydroxyl groups is 1. The van der Waals surface area contributed by atoms with Gasteiger partial charge in [-0.25, -0.2) is 4.98 Å². The molecule has 2 aromatic heterocycles. The van der Waals surface area contributed by atoms with Gasteiger partial charge in [-0.15, -0.1) is 0 Å². The molecular formula is C26H36N4O3. The van der Waals surface area contributed by atoms with E-state index < -0.39 is 6.10 Å². The predicted octanol–water partition coefficient (Wildman–Crippen LogP) is 4.02. The number of imidazole rings is 1. The van der Waals surface area contributed by atoms with Crippen LogP contribution in [0.5, 0.6) is 0 Å². The molecule has 0 aliphatic heterocycles. The number of nitrogens with one attached hydrogen (secondary N) is 2. The number of rotatable bonds is 6. The molecule has 1 atom stereocenters. The second-order valence-electron chi connectivity index (χ2n) is 12.0. The van der Waals surface area contributed by atoms with Crippen molar-refractivity contribution in [2.45, 2.75) is 71.8 Å². The Labute approximate surface area is 195 Å². The Morgan fingerprint density at radius 2 is 1.79 bits per heavy atom. The van der Waals surface area contributed by atoms with Crippen molar-refractivity contribution >= 4 is 23.3 Å². The van der Waals surface area contributed by atoms with Crippen molar-refractivity contribution in [1.29, 1.82) is 0 Å². The van der Waals surface area contributed by atoms with Crippen LogP contribution < -0.4 is 10.6 Å². The van der Waals surface area contributed by atoms with E-state index in [9.17, 15) is 14.7 Å². The molecule has 0 aromatic carbocycles. The largest absolute Gasteiger partial charge is 0.391 e. The molecule has 7 nitrogen and oxygen atoms in total. The second-order valence-corrected chi connectivity index (χ2v) is 12.0. The number of aromatic nitrogens is 2. The average Bonchev–Trinajstić information content (AvgIpc) is 3.15. The Balaban J connectivity index is 1.27. The summed E-state index contributed by atoms with van der Waals surface area (Å²) in [6, 6.07) is 5.50. The molecule has 178 valence electrons. The summed E-state index contributed by atoms with van der Waals surface area (Å²) < 4.78 is 1.76. The monoisotopic (exact) mass is 452 g/mol. The Morgan fingerprint density at radius 3 is 2.39 bits per heavy atom. The van der Waals surface area contributed by atoms with E-state index in [1.807, 2.05) is 39.0 Å². The Hall–Kier alpha value is -2.41. The highest BCUT2D eigenvalue weighted by Gasteiger charge is 2.51. The highest BCUT2D eigenvalue weighted by molar-refractivity contribution is 5.94. The SMILES string of the molecule is CC(C)(C)C(O)CNC(=O)c1cn2c(NC(=O)CC34CC5CC(CC(C5)C3)C4)cccc2n1. The van der Waals surface area contributed by atoms with E-state index in [0.29, 0.717) is 17.9 Å². The quantitative estimate of drug-likeness (QED) is 0.617. The van der Waals surface area contributed by atoms with Crippen LogP contribution in [0.25, 0.3) is 5.65 Å². The zero-order chi connectivity index (χ0) is 23.4. The molecule has 7 heteroatoms. The summed E-state index contributed by atoms with van der Waals surface area (Å²) in [6.45, 7) is 5.93. The lowest BCUT2D eigenvalue weighted by Crippen LogP contribution is -2.47. The molecule has 1 unspecified atom stereocenters. The number of nitrogens with zero attached hydrogens (tertiary/aromatic N) is 2. The summed E-state index contributed by atoms with van der Waals surface area (Å²) >= 11 is 0. The van der Waals surface area contributed by atoms with Crippen LogP contribution in [-0.4, -0.2) is 39.0 Å². The maximum atomic E-state index is 13.1. The Bertz CT molecular complexity index is 1030. The van der Waals surface area contributed by atoms with Gasteiger partial charge in [0.1, 0.15) is 17.2 Å². The van der Waals surface area contributed by atoms with Gasteiger partial charge in [0.25, 0.3) is 5.91 Å². The van der Waals surface area contributed by atoms with Crippen molar-refractivity contribution in [2.24, 2.45) is 28.6 Å². The lowest BCUT2D eigenvalue weighted by atomic mass is 9.49. The number of carbonyl (C=O) groups is 2. The molecule has 0 saturated heterocycles. The van der Waals surface area contributed by atoms with E-state index in [1.54, 1.807) is 10.6 Å². The molecule has 2 aromatic rings. The maximum Gasteiger partial charge on any atom is 0.271 e. The summed E-state index contributed by atoms with van der Waals surface area (Å²) in [5, 5.41) is 16.0. The number of hydrogen-bond acceptors (Lipinski definition) is 4. The first-order chi connectivity index (χ1) is 15.6. The number of hydrogen-bond donors (Lipinski definition) is 3. The highest BCUT2D eigenvalue weighted by atomic mass is 16.3. The van der Waals surface area contributed by atoms with E-state index in [4.69, 9.17) is 0 Å². The molecule has 33 heavy (non-hydrogen) atoms. The maximum absolute atomic E-state index is 13.1. The smallest absolute Gasteiger partial charge is 0.271 e. The lowest BCUT2D eigenvalue weighted by molar-refractivity contribution is -0.124. The molecule has 4 bridgehead atoms. The molecule has 0 radical (unpaired) electrons. The van der Waals surface area contributed by atoms with Gasteiger partial charge in [0.15, 0.2) is 0 Å². The number of carbonyl (C=O) groups excluding carboxylic acids is 2. The molecular weight excluding hydrogens is 416 g/mol. The molecule has 2 heterocycles. The number of amides is 2. The number of fused-ring (bicyclic) bond motifs is 1. The fourth-order valence-electron chi connectivity index (χ4n) is 6.84. The van der Waals surface area contributed by atoms with Gasteiger partial charge in [-0.05, 0) is 79.2 Å². The van der Waals surface area contributed by atoms with Gasteiger partial charge < -0.3 is 15.7 Å². The van der Waals surface area contributed by atoms with Crippen LogP contribution in [0.2, 0.25) is 0 Å². The topological polar surface area (TPSA) is 95.7 Å². The van der Waals surface area contributed by atoms with Crippen LogP contribution in [0.3, 0.4) is 0 Å². The van der Waals surface area contributed by atoms with Gasteiger partial charge >= 0.3 is 0 Å². The van der Waals surface area contributed by atoms with Crippen molar-refractivity contribution < 1.29 is 14.7 Å². The van der Waals surface area contributed by atoms with Gasteiger partial charge in [-0.2, -0.15) is 0 Å². The van der Waals surface area contributed by atoms with E-state index in [-0.39, 0.29) is 34.9 Å². The Kier molecular flexibility index (Phi) is 5.51. The van der Waals surface area contributed by atoms with Crippen molar-refractivity contribution in [3.63, 3.8) is 0 Å². The fourth-order valence-corrected chi connectivity index (χ4v) is 6.84. The number of aliphatic hydroxyl groups excluding tert-OH is 1. The van der Waals surface area contributed by atoms with E-state index >= 15 is 0 Å². The third-order valence-electron chi connectivity index (χ3n) is 8.15. The van der Waals surface area contributed by atoms with Gasteiger partial charge in [-0.1, -0.05) is 26.8 Å². The molecule has 4 aliphatic carbocycles. The van der Waals surface area contributed by atoms with Crippen LogP contribution in [-0.2, 0) is 4.79 Å². The molecule has 0 spiro atoms. The third-order valence-corrected chi connectivity index (χ3v) is 8.15. The summed E-state index contributed by atoms with van der Waals surface area (Å²) in [4.78, 5) is 30.1. The summed E-state index contributed by atoms with van der Waals surface area (Å²) in [6.07, 6.45) is 9.28. The molecule has 2 amide bonds. The normalized spacial score (nSPS) is 29.3. The number of pyridine rings is 1. The third kappa shape index (κ3) is 4.52. The fraction of sp³-hybridized carbons (Fsp3) is 0.654. The van der Waals surface area contributed by atoms with Crippen molar-refractivity contribution in [3.05, 3.63) is 30.1 Å². The van der Waals surface area contributed by atoms with E-state index in [2.05, 4.69) is 15.6 Å². The van der Waals surface area contributed by atoms with Crippen LogP contribution in [0.15, 0.2) is 24.4 Å². The molecule has 3 N–H and O–H groups in total. The average molecular weight is 453 g/mol. The minimum absolute atomic E-state index is 0.0532. The summed E-state index contributed by atoms with van der Waals surface area (Å²) in [5.41, 5.74) is 0.726. The molecule has 4 saturated carbocycles. The van der Waals surface area contributed by atoms with Crippen LogP contribution in [0.1, 0.15) is 76.2 Å². The summed E-state index contributed by atoms with van der Waals surface area (Å²) in [5.74, 6) is 2.80. The first-order valence-electron chi connectivity index (χ1n) is 12.3. The minimum Gasteiger partial charge on any atom is -0.391 e. The zero-order valence-corrected chi connectivity index (χ0v) is 19.9. The second kappa shape index (κ2) is 8.12. The van der Waals surface area contributed by atoms with Crippen LogP contribution in [0, 0.1) is 28.6 Å². The zero-order valence-electron chi connectivity index (χ0n) is 19.9. The minimum atomic E-state index is -0.655. The molecule has 4 aliphatic rings. The van der Waals surface area contributed by atoms with Gasteiger partial charge in [0.05, 0.1) is 6.10 Å². The first kappa shape index (κ1) is 22.4. The van der Waals surface area contributed by atoms with Crippen molar-refractivity contribution in [2.75, 3.05) is 11.9 Å². The van der Waals surface area contributed by atoms with Crippen molar-refractivity contribution in [3.8, 4) is 0 Å². The number of anilines is 1. The standard InChI is InChI=1S/C26H36N4O3/c1-25(2,3)20(31)14-27-24(33)19-15-30-21(28-19)5-4-6-22(30)29-23(32)13-26-10-16-7-17(11-26)9-18(8-16)12-26/h4-6,15-18,20,31H,7-14H2,1-3H3,(H,27,33)(H,29,32). The lowest BCUT2D eigenvalue weighted by Gasteiger charge is -2.56. The molecule has 4 fully saturated rings. The van der Waals surface area contributed by atoms with Crippen molar-refractivity contribution in [1.82, 2.24) is 14.7 Å². The summed E-state index contributed by atoms with van der Waals surface area (Å²) in [7, 11) is 0. The predicted molar refractivity (Wildman–Crippen MR) is 127 cm³/mol. The van der Waals surface area contributed by atoms with Gasteiger partial charge in [-0.3, -0.25) is 14.0 Å². The van der Waals surface area contributed by atoms with E-state index in [1.165, 1.54) is 38.5 Å². The van der Waals surface area contributed by atoms with E-state index in [0.717, 1.165) is 17.8 Å². The first-order valence-corrected chi connectivity index (χ1v) is 12.3. The van der Waals surface area contributed by atoms with Crippen LogP contribution in [0.4, 0.5) is 5.82 Å². The van der Waals surface area contributed by atoms with Crippen LogP contribution >= 0.6 is 0 Å². The Morgan fingerprint density at radius 1 is 1.15 bits per heavy atom. The van der Waals surface area contributed by atoms with Gasteiger partial charge in [0.2, 0.25) is 5.91 Å². The molecule has 6 rings (SSSR count). The van der Waals surface area contributed by atoms with Gasteiger partial charge in [0, 0.05) is 19.2 Å². The highest BCUT2D eigenvalue weighted by Crippen LogP contribution is 2.61.